The Morgan fingerprint density at radius 2 is 2.12 bits per heavy atom. The van der Waals surface area contributed by atoms with Gasteiger partial charge in [-0.2, -0.15) is 0 Å². The lowest BCUT2D eigenvalue weighted by Gasteiger charge is -2.22. The summed E-state index contributed by atoms with van der Waals surface area (Å²) in [5.74, 6) is 2.31. The lowest BCUT2D eigenvalue weighted by molar-refractivity contribution is -0.121. The summed E-state index contributed by atoms with van der Waals surface area (Å²) in [6, 6.07) is 3.81. The summed E-state index contributed by atoms with van der Waals surface area (Å²) in [5.41, 5.74) is 0.857. The Kier molecular flexibility index (Phi) is 9.50. The predicted molar refractivity (Wildman–Crippen MR) is 106 cm³/mol. The molecule has 2 aromatic heterocycles. The normalized spacial score (nSPS) is 14.4. The summed E-state index contributed by atoms with van der Waals surface area (Å²) in [4.78, 5) is 16.4. The summed E-state index contributed by atoms with van der Waals surface area (Å²) in [5, 5.41) is 9.29. The van der Waals surface area contributed by atoms with Crippen molar-refractivity contribution in [2.75, 3.05) is 13.1 Å². The topological polar surface area (TPSA) is 67.2 Å². The monoisotopic (exact) mass is 405 g/mol. The molecule has 0 bridgehead atoms. The molecule has 0 saturated carbocycles. The van der Waals surface area contributed by atoms with Crippen LogP contribution in [0.5, 0.6) is 0 Å². The quantitative estimate of drug-likeness (QED) is 0.762. The van der Waals surface area contributed by atoms with E-state index in [-0.39, 0.29) is 30.7 Å². The molecule has 0 radical (unpaired) electrons. The number of aryl methyl sites for hydroxylation is 1. The van der Waals surface area contributed by atoms with Crippen LogP contribution in [0.15, 0.2) is 21.9 Å². The largest absolute Gasteiger partial charge is 0.458 e. The Morgan fingerprint density at radius 1 is 1.36 bits per heavy atom. The van der Waals surface area contributed by atoms with E-state index in [1.165, 1.54) is 12.8 Å². The molecule has 5 nitrogen and oxygen atoms in total. The fourth-order valence-corrected chi connectivity index (χ4v) is 3.47. The van der Waals surface area contributed by atoms with Crippen LogP contribution in [0.2, 0.25) is 0 Å². The zero-order valence-electron chi connectivity index (χ0n) is 14.2. The van der Waals surface area contributed by atoms with Crippen LogP contribution in [0.25, 0.3) is 11.5 Å². The number of amides is 1. The fourth-order valence-electron chi connectivity index (χ4n) is 2.87. The number of aromatic nitrogens is 1. The van der Waals surface area contributed by atoms with Crippen LogP contribution in [0.3, 0.4) is 0 Å². The van der Waals surface area contributed by atoms with Gasteiger partial charge in [0.05, 0.1) is 11.6 Å². The van der Waals surface area contributed by atoms with E-state index < -0.39 is 0 Å². The van der Waals surface area contributed by atoms with Gasteiger partial charge < -0.3 is 15.1 Å². The minimum Gasteiger partial charge on any atom is -0.458 e. The Labute approximate surface area is 164 Å². The van der Waals surface area contributed by atoms with Crippen molar-refractivity contribution >= 4 is 42.1 Å². The number of nitrogens with one attached hydrogen (secondary N) is 2. The molecule has 1 amide bonds. The molecular formula is C17H25Cl2N3O2S. The van der Waals surface area contributed by atoms with E-state index in [0.29, 0.717) is 18.9 Å². The number of piperidine rings is 1. The second-order valence-electron chi connectivity index (χ2n) is 6.03. The van der Waals surface area contributed by atoms with Gasteiger partial charge in [-0.3, -0.25) is 4.79 Å². The van der Waals surface area contributed by atoms with E-state index in [1.54, 1.807) is 11.3 Å². The third kappa shape index (κ3) is 6.62. The van der Waals surface area contributed by atoms with E-state index in [2.05, 4.69) is 15.6 Å². The summed E-state index contributed by atoms with van der Waals surface area (Å²) in [6.07, 6.45) is 3.95. The Morgan fingerprint density at radius 3 is 2.80 bits per heavy atom. The Hall–Kier alpha value is -1.08. The minimum absolute atomic E-state index is 0. The average Bonchev–Trinajstić information content (AvgIpc) is 3.20. The fraction of sp³-hybridized carbons (Fsp3) is 0.529. The highest BCUT2D eigenvalue weighted by Gasteiger charge is 2.14. The molecule has 0 unspecified atom stereocenters. The summed E-state index contributed by atoms with van der Waals surface area (Å²) in [7, 11) is 0. The van der Waals surface area contributed by atoms with E-state index in [4.69, 9.17) is 4.42 Å². The van der Waals surface area contributed by atoms with E-state index >= 15 is 0 Å². The summed E-state index contributed by atoms with van der Waals surface area (Å²) in [6.45, 7) is 4.57. The third-order valence-electron chi connectivity index (χ3n) is 4.23. The molecule has 0 aromatic carbocycles. The molecule has 25 heavy (non-hydrogen) atoms. The smallest absolute Gasteiger partial charge is 0.220 e. The molecule has 1 saturated heterocycles. The molecule has 0 spiro atoms. The minimum atomic E-state index is 0. The van der Waals surface area contributed by atoms with Gasteiger partial charge in [0.15, 0.2) is 5.76 Å². The van der Waals surface area contributed by atoms with Gasteiger partial charge in [-0.05, 0) is 57.3 Å². The number of hydrogen-bond donors (Lipinski definition) is 2. The Bertz CT molecular complexity index is 654. The maximum Gasteiger partial charge on any atom is 0.220 e. The average molecular weight is 406 g/mol. The van der Waals surface area contributed by atoms with Crippen LogP contribution in [0.1, 0.15) is 36.5 Å². The SMILES string of the molecule is Cc1nc(-c2ccc(CNC(=O)CCC3CCNCC3)o2)cs1.Cl.Cl. The zero-order valence-corrected chi connectivity index (χ0v) is 16.7. The molecule has 1 aliphatic rings. The van der Waals surface area contributed by atoms with Gasteiger partial charge >= 0.3 is 0 Å². The van der Waals surface area contributed by atoms with Crippen LogP contribution >= 0.6 is 36.2 Å². The number of rotatable bonds is 6. The van der Waals surface area contributed by atoms with Gasteiger partial charge in [-0.25, -0.2) is 4.98 Å². The van der Waals surface area contributed by atoms with Gasteiger partial charge in [-0.1, -0.05) is 0 Å². The first-order valence-electron chi connectivity index (χ1n) is 8.19. The molecule has 0 atom stereocenters. The molecule has 0 aliphatic carbocycles. The molecule has 8 heteroatoms. The van der Waals surface area contributed by atoms with Crippen LogP contribution in [0.4, 0.5) is 0 Å². The van der Waals surface area contributed by atoms with Gasteiger partial charge in [0.25, 0.3) is 0 Å². The number of nitrogens with zero attached hydrogens (tertiary/aromatic N) is 1. The molecule has 3 heterocycles. The molecule has 1 aliphatic heterocycles. The molecule has 2 aromatic rings. The highest BCUT2D eigenvalue weighted by molar-refractivity contribution is 7.09. The van der Waals surface area contributed by atoms with Crippen molar-refractivity contribution in [3.05, 3.63) is 28.3 Å². The number of hydrogen-bond acceptors (Lipinski definition) is 5. The van der Waals surface area contributed by atoms with Crippen molar-refractivity contribution in [1.82, 2.24) is 15.6 Å². The molecule has 1 fully saturated rings. The van der Waals surface area contributed by atoms with Crippen LogP contribution in [-0.2, 0) is 11.3 Å². The standard InChI is InChI=1S/C17H23N3O2S.2ClH/c1-12-20-15(11-23-12)16-4-3-14(22-16)10-19-17(21)5-2-13-6-8-18-9-7-13;;/h3-4,11,13,18H,2,5-10H2,1H3,(H,19,21);2*1H. The van der Waals surface area contributed by atoms with Crippen molar-refractivity contribution < 1.29 is 9.21 Å². The summed E-state index contributed by atoms with van der Waals surface area (Å²) >= 11 is 1.60. The van der Waals surface area contributed by atoms with Gasteiger partial charge in [-0.15, -0.1) is 36.2 Å². The molecular weight excluding hydrogens is 381 g/mol. The van der Waals surface area contributed by atoms with Crippen molar-refractivity contribution in [2.24, 2.45) is 5.92 Å². The van der Waals surface area contributed by atoms with E-state index in [1.807, 2.05) is 24.4 Å². The second-order valence-corrected chi connectivity index (χ2v) is 7.09. The van der Waals surface area contributed by atoms with Crippen molar-refractivity contribution in [2.45, 2.75) is 39.2 Å². The van der Waals surface area contributed by atoms with Crippen molar-refractivity contribution in [1.29, 1.82) is 0 Å². The first-order chi connectivity index (χ1) is 11.2. The van der Waals surface area contributed by atoms with Crippen LogP contribution < -0.4 is 10.6 Å². The summed E-state index contributed by atoms with van der Waals surface area (Å²) < 4.78 is 5.75. The number of thiazole rings is 1. The first-order valence-corrected chi connectivity index (χ1v) is 9.07. The highest BCUT2D eigenvalue weighted by atomic mass is 35.5. The second kappa shape index (κ2) is 10.8. The molecule has 140 valence electrons. The maximum absolute atomic E-state index is 12.0. The number of carbonyl (C=O) groups excluding carboxylic acids is 1. The molecule has 3 rings (SSSR count). The molecule has 2 N–H and O–H groups in total. The van der Waals surface area contributed by atoms with Gasteiger partial charge in [0, 0.05) is 11.8 Å². The van der Waals surface area contributed by atoms with Crippen molar-refractivity contribution in [3.63, 3.8) is 0 Å². The lowest BCUT2D eigenvalue weighted by Crippen LogP contribution is -2.29. The Balaban J connectivity index is 0.00000156. The third-order valence-corrected chi connectivity index (χ3v) is 5.00. The van der Waals surface area contributed by atoms with E-state index in [0.717, 1.165) is 41.7 Å². The van der Waals surface area contributed by atoms with Crippen LogP contribution in [0, 0.1) is 12.8 Å². The van der Waals surface area contributed by atoms with E-state index in [9.17, 15) is 4.79 Å². The highest BCUT2D eigenvalue weighted by Crippen LogP contribution is 2.23. The lowest BCUT2D eigenvalue weighted by atomic mass is 9.93. The predicted octanol–water partition coefficient (Wildman–Crippen LogP) is 3.95. The van der Waals surface area contributed by atoms with Gasteiger partial charge in [0.1, 0.15) is 11.5 Å². The maximum atomic E-state index is 12.0. The number of furan rings is 1. The number of carbonyl (C=O) groups is 1. The zero-order chi connectivity index (χ0) is 16.1. The van der Waals surface area contributed by atoms with Crippen molar-refractivity contribution in [3.8, 4) is 11.5 Å². The number of halogens is 2. The van der Waals surface area contributed by atoms with Crippen LogP contribution in [-0.4, -0.2) is 24.0 Å². The van der Waals surface area contributed by atoms with Gasteiger partial charge in [0.2, 0.25) is 5.91 Å². The first kappa shape index (κ1) is 22.0.